The number of para-hydroxylation sites is 2. The molecule has 0 spiro atoms. The zero-order valence-electron chi connectivity index (χ0n) is 15.7. The average molecular weight is 388 g/mol. The summed E-state index contributed by atoms with van der Waals surface area (Å²) in [5.74, 6) is 0.492. The third-order valence-electron chi connectivity index (χ3n) is 4.20. The summed E-state index contributed by atoms with van der Waals surface area (Å²) in [5.41, 5.74) is 0.545. The standard InChI is InChI=1S/C19H24N4O5/c1-2-26-16-8-4-3-7-15(16)20-19(25)23(12-14-6-5-10-27-14)13-18(24)21-17-9-11-28-22-17/h3-4,7-9,11,14H,2,5-6,10,12-13H2,1H3,(H,20,25)(H,21,22,24). The molecule has 1 saturated heterocycles. The van der Waals surface area contributed by atoms with E-state index in [2.05, 4.69) is 15.8 Å². The van der Waals surface area contributed by atoms with Crippen LogP contribution in [-0.4, -0.2) is 54.4 Å². The largest absolute Gasteiger partial charge is 0.492 e. The molecule has 150 valence electrons. The molecule has 0 saturated carbocycles. The van der Waals surface area contributed by atoms with Crippen molar-refractivity contribution in [3.8, 4) is 5.75 Å². The number of nitrogens with one attached hydrogen (secondary N) is 2. The van der Waals surface area contributed by atoms with Gasteiger partial charge in [0.2, 0.25) is 5.91 Å². The van der Waals surface area contributed by atoms with Crippen molar-refractivity contribution in [3.05, 3.63) is 36.6 Å². The predicted molar refractivity (Wildman–Crippen MR) is 102 cm³/mol. The van der Waals surface area contributed by atoms with Gasteiger partial charge in [-0.15, -0.1) is 0 Å². The van der Waals surface area contributed by atoms with Gasteiger partial charge in [0, 0.05) is 19.2 Å². The van der Waals surface area contributed by atoms with Gasteiger partial charge >= 0.3 is 6.03 Å². The first-order valence-corrected chi connectivity index (χ1v) is 9.25. The molecule has 3 amide bonds. The summed E-state index contributed by atoms with van der Waals surface area (Å²) in [5, 5.41) is 9.07. The van der Waals surface area contributed by atoms with Crippen LogP contribution in [0, 0.1) is 0 Å². The minimum atomic E-state index is -0.405. The van der Waals surface area contributed by atoms with Crippen molar-refractivity contribution in [1.82, 2.24) is 10.1 Å². The van der Waals surface area contributed by atoms with Gasteiger partial charge in [0.25, 0.3) is 0 Å². The second-order valence-corrected chi connectivity index (χ2v) is 6.31. The average Bonchev–Trinajstić information content (AvgIpc) is 3.37. The van der Waals surface area contributed by atoms with E-state index in [-0.39, 0.29) is 18.6 Å². The second kappa shape index (κ2) is 9.75. The van der Waals surface area contributed by atoms with Gasteiger partial charge in [-0.05, 0) is 31.9 Å². The first-order valence-electron chi connectivity index (χ1n) is 9.25. The van der Waals surface area contributed by atoms with Gasteiger partial charge in [0.05, 0.1) is 18.4 Å². The van der Waals surface area contributed by atoms with Gasteiger partial charge in [-0.25, -0.2) is 4.79 Å². The fourth-order valence-electron chi connectivity index (χ4n) is 2.93. The lowest BCUT2D eigenvalue weighted by Gasteiger charge is -2.25. The van der Waals surface area contributed by atoms with E-state index in [0.29, 0.717) is 37.0 Å². The lowest BCUT2D eigenvalue weighted by molar-refractivity contribution is -0.117. The quantitative estimate of drug-likeness (QED) is 0.720. The Bertz CT molecular complexity index is 774. The fourth-order valence-corrected chi connectivity index (χ4v) is 2.93. The molecule has 1 aliphatic heterocycles. The van der Waals surface area contributed by atoms with Crippen LogP contribution in [0.1, 0.15) is 19.8 Å². The number of nitrogens with zero attached hydrogens (tertiary/aromatic N) is 2. The van der Waals surface area contributed by atoms with Crippen LogP contribution in [0.4, 0.5) is 16.3 Å². The van der Waals surface area contributed by atoms with Crippen LogP contribution in [0.15, 0.2) is 41.1 Å². The summed E-state index contributed by atoms with van der Waals surface area (Å²) in [7, 11) is 0. The van der Waals surface area contributed by atoms with Gasteiger partial charge in [-0.3, -0.25) is 4.79 Å². The van der Waals surface area contributed by atoms with Gasteiger partial charge in [-0.2, -0.15) is 0 Å². The molecule has 2 aromatic rings. The Labute approximate surface area is 163 Å². The molecule has 2 heterocycles. The smallest absolute Gasteiger partial charge is 0.322 e. The lowest BCUT2D eigenvalue weighted by Crippen LogP contribution is -2.44. The molecule has 0 radical (unpaired) electrons. The van der Waals surface area contributed by atoms with Gasteiger partial charge < -0.3 is 29.5 Å². The van der Waals surface area contributed by atoms with Crippen molar-refractivity contribution in [2.45, 2.75) is 25.9 Å². The Morgan fingerprint density at radius 2 is 2.14 bits per heavy atom. The van der Waals surface area contributed by atoms with E-state index >= 15 is 0 Å². The van der Waals surface area contributed by atoms with Crippen molar-refractivity contribution < 1.29 is 23.6 Å². The monoisotopic (exact) mass is 388 g/mol. The molecular formula is C19H24N4O5. The summed E-state index contributed by atoms with van der Waals surface area (Å²) in [6, 6.07) is 8.29. The third-order valence-corrected chi connectivity index (χ3v) is 4.20. The van der Waals surface area contributed by atoms with E-state index in [1.54, 1.807) is 18.2 Å². The Balaban J connectivity index is 1.68. The Morgan fingerprint density at radius 3 is 2.86 bits per heavy atom. The van der Waals surface area contributed by atoms with E-state index in [1.807, 2.05) is 13.0 Å². The lowest BCUT2D eigenvalue weighted by atomic mass is 10.2. The normalized spacial score (nSPS) is 15.8. The number of amides is 3. The maximum absolute atomic E-state index is 12.9. The number of urea groups is 1. The number of carbonyl (C=O) groups is 2. The number of rotatable bonds is 8. The maximum atomic E-state index is 12.9. The van der Waals surface area contributed by atoms with Crippen molar-refractivity contribution in [2.75, 3.05) is 36.9 Å². The molecule has 1 unspecified atom stereocenters. The highest BCUT2D eigenvalue weighted by atomic mass is 16.5. The number of hydrogen-bond acceptors (Lipinski definition) is 6. The zero-order valence-corrected chi connectivity index (χ0v) is 15.7. The zero-order chi connectivity index (χ0) is 19.8. The number of carbonyl (C=O) groups excluding carboxylic acids is 2. The summed E-state index contributed by atoms with van der Waals surface area (Å²) >= 11 is 0. The molecule has 3 rings (SSSR count). The predicted octanol–water partition coefficient (Wildman–Crippen LogP) is 2.72. The van der Waals surface area contributed by atoms with Gasteiger partial charge in [0.15, 0.2) is 5.82 Å². The second-order valence-electron chi connectivity index (χ2n) is 6.31. The first-order chi connectivity index (χ1) is 13.7. The van der Waals surface area contributed by atoms with Crippen LogP contribution in [0.3, 0.4) is 0 Å². The molecule has 0 bridgehead atoms. The number of benzene rings is 1. The van der Waals surface area contributed by atoms with E-state index in [1.165, 1.54) is 17.2 Å². The third kappa shape index (κ3) is 5.46. The van der Waals surface area contributed by atoms with E-state index in [0.717, 1.165) is 12.8 Å². The SMILES string of the molecule is CCOc1ccccc1NC(=O)N(CC(=O)Nc1ccon1)CC1CCCO1. The molecular weight excluding hydrogens is 364 g/mol. The van der Waals surface area contributed by atoms with Gasteiger partial charge in [-0.1, -0.05) is 17.3 Å². The minimum absolute atomic E-state index is 0.0901. The highest BCUT2D eigenvalue weighted by Gasteiger charge is 2.25. The summed E-state index contributed by atoms with van der Waals surface area (Å²) in [6.07, 6.45) is 3.06. The van der Waals surface area contributed by atoms with Crippen LogP contribution in [-0.2, 0) is 9.53 Å². The molecule has 0 aliphatic carbocycles. The number of ether oxygens (including phenoxy) is 2. The minimum Gasteiger partial charge on any atom is -0.492 e. The van der Waals surface area contributed by atoms with Crippen LogP contribution in [0.2, 0.25) is 0 Å². The van der Waals surface area contributed by atoms with Crippen molar-refractivity contribution in [1.29, 1.82) is 0 Å². The van der Waals surface area contributed by atoms with Crippen molar-refractivity contribution in [2.24, 2.45) is 0 Å². The molecule has 1 fully saturated rings. The maximum Gasteiger partial charge on any atom is 0.322 e. The molecule has 2 N–H and O–H groups in total. The summed E-state index contributed by atoms with van der Waals surface area (Å²) in [6.45, 7) is 3.19. The van der Waals surface area contributed by atoms with Crippen LogP contribution < -0.4 is 15.4 Å². The summed E-state index contributed by atoms with van der Waals surface area (Å²) in [4.78, 5) is 26.7. The highest BCUT2D eigenvalue weighted by molar-refractivity contribution is 5.97. The fraction of sp³-hybridized carbons (Fsp3) is 0.421. The molecule has 1 aromatic heterocycles. The molecule has 28 heavy (non-hydrogen) atoms. The topological polar surface area (TPSA) is 106 Å². The van der Waals surface area contributed by atoms with E-state index < -0.39 is 6.03 Å². The first kappa shape index (κ1) is 19.7. The highest BCUT2D eigenvalue weighted by Crippen LogP contribution is 2.24. The number of hydrogen-bond donors (Lipinski definition) is 2. The number of aromatic nitrogens is 1. The van der Waals surface area contributed by atoms with Crippen LogP contribution in [0.25, 0.3) is 0 Å². The molecule has 9 heteroatoms. The Morgan fingerprint density at radius 1 is 1.29 bits per heavy atom. The number of anilines is 2. The Hall–Kier alpha value is -3.07. The Kier molecular flexibility index (Phi) is 6.85. The molecule has 9 nitrogen and oxygen atoms in total. The van der Waals surface area contributed by atoms with Crippen LogP contribution in [0.5, 0.6) is 5.75 Å². The van der Waals surface area contributed by atoms with Crippen LogP contribution >= 0.6 is 0 Å². The molecule has 1 atom stereocenters. The molecule has 1 aromatic carbocycles. The van der Waals surface area contributed by atoms with E-state index in [9.17, 15) is 9.59 Å². The summed E-state index contributed by atoms with van der Waals surface area (Å²) < 4.78 is 15.9. The van der Waals surface area contributed by atoms with E-state index in [4.69, 9.17) is 14.0 Å². The van der Waals surface area contributed by atoms with Gasteiger partial charge in [0.1, 0.15) is 18.6 Å². The van der Waals surface area contributed by atoms with Crippen molar-refractivity contribution in [3.63, 3.8) is 0 Å². The van der Waals surface area contributed by atoms with Crippen molar-refractivity contribution >= 4 is 23.4 Å². The molecule has 1 aliphatic rings.